The minimum absolute atomic E-state index is 0.299. The third-order valence-corrected chi connectivity index (χ3v) is 5.39. The molecule has 152 valence electrons. The number of rotatable bonds is 7. The average molecular weight is 413 g/mol. The quantitative estimate of drug-likeness (QED) is 0.435. The van der Waals surface area contributed by atoms with Gasteiger partial charge in [0.2, 0.25) is 0 Å². The number of hydrogen-bond acceptors (Lipinski definition) is 5. The van der Waals surface area contributed by atoms with E-state index in [9.17, 15) is 9.59 Å². The molecule has 3 rings (SSSR count). The maximum Gasteiger partial charge on any atom is 0.338 e. The Kier molecular flexibility index (Phi) is 6.95. The van der Waals surface area contributed by atoms with E-state index in [1.165, 1.54) is 11.3 Å². The van der Waals surface area contributed by atoms with Crippen LogP contribution in [-0.2, 0) is 16.0 Å². The van der Waals surface area contributed by atoms with Gasteiger partial charge in [0.15, 0.2) is 4.80 Å². The standard InChI is InChI=1S/C22H24N2O4S/c1-4-27-13-12-24-18-11-10-17(21(26)28-5-2)14-19(18)29-22(24)23-20(25)16-8-6-15(3)7-9-16/h6-11,14H,4-5,12-13H2,1-3H3. The van der Waals surface area contributed by atoms with Crippen LogP contribution in [0.5, 0.6) is 0 Å². The van der Waals surface area contributed by atoms with Gasteiger partial charge in [0, 0.05) is 18.7 Å². The summed E-state index contributed by atoms with van der Waals surface area (Å²) in [6, 6.07) is 12.7. The summed E-state index contributed by atoms with van der Waals surface area (Å²) in [5.74, 6) is -0.662. The number of carbonyl (C=O) groups excluding carboxylic acids is 2. The second kappa shape index (κ2) is 9.62. The van der Waals surface area contributed by atoms with Crippen LogP contribution in [0.1, 0.15) is 40.1 Å². The Morgan fingerprint density at radius 1 is 1.03 bits per heavy atom. The van der Waals surface area contributed by atoms with Crippen LogP contribution in [0, 0.1) is 6.92 Å². The van der Waals surface area contributed by atoms with Crippen LogP contribution in [0.25, 0.3) is 10.2 Å². The zero-order chi connectivity index (χ0) is 20.8. The van der Waals surface area contributed by atoms with Gasteiger partial charge >= 0.3 is 5.97 Å². The molecule has 0 aliphatic carbocycles. The Morgan fingerprint density at radius 3 is 2.45 bits per heavy atom. The van der Waals surface area contributed by atoms with Crippen LogP contribution in [-0.4, -0.2) is 36.3 Å². The van der Waals surface area contributed by atoms with Crippen molar-refractivity contribution in [2.75, 3.05) is 19.8 Å². The third-order valence-electron chi connectivity index (χ3n) is 4.35. The van der Waals surface area contributed by atoms with Gasteiger partial charge in [-0.25, -0.2) is 4.79 Å². The van der Waals surface area contributed by atoms with E-state index in [1.807, 2.05) is 36.6 Å². The van der Waals surface area contributed by atoms with Crippen molar-refractivity contribution in [3.63, 3.8) is 0 Å². The topological polar surface area (TPSA) is 69.9 Å². The molecule has 1 amide bonds. The summed E-state index contributed by atoms with van der Waals surface area (Å²) in [6.45, 7) is 7.69. The lowest BCUT2D eigenvalue weighted by atomic mass is 10.1. The van der Waals surface area contributed by atoms with Gasteiger partial charge in [-0.15, -0.1) is 0 Å². The molecule has 0 radical (unpaired) electrons. The minimum atomic E-state index is -0.363. The number of aromatic nitrogens is 1. The van der Waals surface area contributed by atoms with Crippen molar-refractivity contribution in [3.8, 4) is 0 Å². The molecule has 6 nitrogen and oxygen atoms in total. The molecule has 0 unspecified atom stereocenters. The van der Waals surface area contributed by atoms with Crippen molar-refractivity contribution in [2.24, 2.45) is 4.99 Å². The Morgan fingerprint density at radius 2 is 1.76 bits per heavy atom. The normalized spacial score (nSPS) is 11.8. The van der Waals surface area contributed by atoms with Crippen molar-refractivity contribution in [2.45, 2.75) is 27.3 Å². The smallest absolute Gasteiger partial charge is 0.338 e. The maximum atomic E-state index is 12.7. The van der Waals surface area contributed by atoms with Crippen LogP contribution < -0.4 is 4.80 Å². The highest BCUT2D eigenvalue weighted by molar-refractivity contribution is 7.16. The molecule has 0 spiro atoms. The van der Waals surface area contributed by atoms with Crippen LogP contribution in [0.4, 0.5) is 0 Å². The number of esters is 1. The van der Waals surface area contributed by atoms with Gasteiger partial charge < -0.3 is 14.0 Å². The molecule has 2 aromatic carbocycles. The lowest BCUT2D eigenvalue weighted by molar-refractivity contribution is 0.0526. The van der Waals surface area contributed by atoms with E-state index in [0.717, 1.165) is 15.8 Å². The first-order valence-electron chi connectivity index (χ1n) is 9.57. The first-order chi connectivity index (χ1) is 14.0. The van der Waals surface area contributed by atoms with Crippen molar-refractivity contribution in [1.29, 1.82) is 0 Å². The number of fused-ring (bicyclic) bond motifs is 1. The van der Waals surface area contributed by atoms with E-state index in [-0.39, 0.29) is 11.9 Å². The van der Waals surface area contributed by atoms with Crippen LogP contribution >= 0.6 is 11.3 Å². The van der Waals surface area contributed by atoms with E-state index < -0.39 is 0 Å². The van der Waals surface area contributed by atoms with Crippen molar-refractivity contribution >= 4 is 33.4 Å². The Balaban J connectivity index is 2.05. The molecule has 0 atom stereocenters. The van der Waals surface area contributed by atoms with Crippen molar-refractivity contribution in [1.82, 2.24) is 4.57 Å². The number of benzene rings is 2. The molecule has 0 saturated carbocycles. The van der Waals surface area contributed by atoms with Crippen molar-refractivity contribution in [3.05, 3.63) is 64.0 Å². The molecule has 29 heavy (non-hydrogen) atoms. The fourth-order valence-corrected chi connectivity index (χ4v) is 3.96. The van der Waals surface area contributed by atoms with Gasteiger partial charge in [-0.2, -0.15) is 4.99 Å². The molecule has 0 bridgehead atoms. The summed E-state index contributed by atoms with van der Waals surface area (Å²) < 4.78 is 13.4. The van der Waals surface area contributed by atoms with E-state index >= 15 is 0 Å². The zero-order valence-electron chi connectivity index (χ0n) is 16.8. The highest BCUT2D eigenvalue weighted by Crippen LogP contribution is 2.20. The molecule has 0 saturated heterocycles. The summed E-state index contributed by atoms with van der Waals surface area (Å²) in [6.07, 6.45) is 0. The lowest BCUT2D eigenvalue weighted by Crippen LogP contribution is -2.19. The fourth-order valence-electron chi connectivity index (χ4n) is 2.86. The van der Waals surface area contributed by atoms with Gasteiger partial charge in [-0.05, 0) is 51.1 Å². The number of amides is 1. The molecular weight excluding hydrogens is 388 g/mol. The molecular formula is C22H24N2O4S. The molecule has 1 heterocycles. The molecule has 0 aliphatic heterocycles. The highest BCUT2D eigenvalue weighted by atomic mass is 32.1. The number of carbonyl (C=O) groups is 2. The van der Waals surface area contributed by atoms with E-state index in [4.69, 9.17) is 9.47 Å². The third kappa shape index (κ3) is 4.99. The van der Waals surface area contributed by atoms with Gasteiger partial charge in [0.25, 0.3) is 5.91 Å². The first-order valence-corrected chi connectivity index (χ1v) is 10.4. The summed E-state index contributed by atoms with van der Waals surface area (Å²) in [7, 11) is 0. The first kappa shape index (κ1) is 21.0. The number of aryl methyl sites for hydroxylation is 1. The number of ether oxygens (including phenoxy) is 2. The largest absolute Gasteiger partial charge is 0.462 e. The number of nitrogens with zero attached hydrogens (tertiary/aromatic N) is 2. The van der Waals surface area contributed by atoms with Crippen LogP contribution in [0.3, 0.4) is 0 Å². The predicted molar refractivity (Wildman–Crippen MR) is 113 cm³/mol. The van der Waals surface area contributed by atoms with Crippen LogP contribution in [0.2, 0.25) is 0 Å². The average Bonchev–Trinajstić information content (AvgIpc) is 3.05. The maximum absolute atomic E-state index is 12.7. The molecule has 1 aromatic heterocycles. The van der Waals surface area contributed by atoms with E-state index in [2.05, 4.69) is 4.99 Å². The van der Waals surface area contributed by atoms with Gasteiger partial charge in [0.05, 0.1) is 29.0 Å². The van der Waals surface area contributed by atoms with Gasteiger partial charge in [-0.3, -0.25) is 4.79 Å². The zero-order valence-corrected chi connectivity index (χ0v) is 17.6. The fraction of sp³-hybridized carbons (Fsp3) is 0.318. The van der Waals surface area contributed by atoms with Gasteiger partial charge in [0.1, 0.15) is 0 Å². The Labute approximate surface area is 173 Å². The number of hydrogen-bond donors (Lipinski definition) is 0. The minimum Gasteiger partial charge on any atom is -0.462 e. The summed E-state index contributed by atoms with van der Waals surface area (Å²) >= 11 is 1.37. The molecule has 0 N–H and O–H groups in total. The highest BCUT2D eigenvalue weighted by Gasteiger charge is 2.13. The van der Waals surface area contributed by atoms with E-state index in [0.29, 0.717) is 42.3 Å². The van der Waals surface area contributed by atoms with Crippen LogP contribution in [0.15, 0.2) is 47.5 Å². The van der Waals surface area contributed by atoms with Gasteiger partial charge in [-0.1, -0.05) is 29.0 Å². The second-order valence-corrected chi connectivity index (χ2v) is 7.43. The molecule has 3 aromatic rings. The summed E-state index contributed by atoms with van der Waals surface area (Å²) in [5.41, 5.74) is 3.01. The number of thiazole rings is 1. The van der Waals surface area contributed by atoms with E-state index in [1.54, 1.807) is 31.2 Å². The van der Waals surface area contributed by atoms with Crippen molar-refractivity contribution < 1.29 is 19.1 Å². The SMILES string of the molecule is CCOCCn1c(=NC(=O)c2ccc(C)cc2)sc2cc(C(=O)OCC)ccc21. The summed E-state index contributed by atoms with van der Waals surface area (Å²) in [5, 5.41) is 0. The molecule has 7 heteroatoms. The molecule has 0 aliphatic rings. The lowest BCUT2D eigenvalue weighted by Gasteiger charge is -2.06. The summed E-state index contributed by atoms with van der Waals surface area (Å²) in [4.78, 5) is 29.7. The second-order valence-electron chi connectivity index (χ2n) is 6.42. The monoisotopic (exact) mass is 412 g/mol. The Bertz CT molecular complexity index is 1080. The molecule has 0 fully saturated rings. The predicted octanol–water partition coefficient (Wildman–Crippen LogP) is 3.97. The Hall–Kier alpha value is -2.77.